The third-order valence-corrected chi connectivity index (χ3v) is 8.80. The van der Waals surface area contributed by atoms with Gasteiger partial charge in [-0.15, -0.1) is 0 Å². The summed E-state index contributed by atoms with van der Waals surface area (Å²) in [6, 6.07) is 16.2. The highest BCUT2D eigenvalue weighted by Gasteiger charge is 2.23. The van der Waals surface area contributed by atoms with Crippen molar-refractivity contribution in [2.75, 3.05) is 49.8 Å². The SMILES string of the molecule is C/C=C(/C)N=C(C)C1CCCN1C.CCCNCC(C)CNC(=O)c1cc(C=O)cc(N2CCCS2)c1.Cc1ccccc1. The Hall–Kier alpha value is -2.94. The molecule has 2 N–H and O–H groups in total. The molecule has 2 aliphatic heterocycles. The van der Waals surface area contributed by atoms with Crippen molar-refractivity contribution in [1.29, 1.82) is 0 Å². The molecular weight excluding hydrogens is 566 g/mol. The molecule has 242 valence electrons. The molecular formula is C36H55N5O2S. The molecule has 2 aliphatic rings. The number of anilines is 1. The third-order valence-electron chi connectivity index (χ3n) is 7.62. The molecule has 0 aromatic heterocycles. The van der Waals surface area contributed by atoms with Crippen LogP contribution in [0, 0.1) is 12.8 Å². The number of likely N-dealkylation sites (tertiary alicyclic amines) is 1. The van der Waals surface area contributed by atoms with Crippen molar-refractivity contribution in [3.8, 4) is 0 Å². The Morgan fingerprint density at radius 3 is 2.41 bits per heavy atom. The van der Waals surface area contributed by atoms with E-state index in [1.165, 1.54) is 30.7 Å². The van der Waals surface area contributed by atoms with Gasteiger partial charge in [0.15, 0.2) is 0 Å². The molecule has 2 atom stereocenters. The van der Waals surface area contributed by atoms with Gasteiger partial charge in [-0.1, -0.05) is 55.8 Å². The average Bonchev–Trinajstić information content (AvgIpc) is 3.73. The van der Waals surface area contributed by atoms with Crippen LogP contribution in [-0.2, 0) is 0 Å². The van der Waals surface area contributed by atoms with Gasteiger partial charge in [0.05, 0.1) is 0 Å². The first-order chi connectivity index (χ1) is 21.2. The standard InChI is InChI=1S/C18H27N3O2S.C11H20N2.C7H8/c1-3-5-19-11-14(2)12-20-18(23)16-8-15(13-22)9-17(10-16)21-6-4-7-24-21;1-5-9(2)12-10(3)11-7-6-8-13(11)4;1-7-5-3-2-4-6-7/h8-10,13-14,19H,3-7,11-12H2,1-2H3,(H,20,23);5,11H,6-8H2,1-4H3;2-6H,1H3/b;9-5-,12-10?;. The Morgan fingerprint density at radius 2 is 1.86 bits per heavy atom. The van der Waals surface area contributed by atoms with E-state index in [1.54, 1.807) is 18.0 Å². The van der Waals surface area contributed by atoms with E-state index in [0.717, 1.165) is 55.9 Å². The number of hydrogen-bond donors (Lipinski definition) is 2. The van der Waals surface area contributed by atoms with E-state index in [-0.39, 0.29) is 5.91 Å². The van der Waals surface area contributed by atoms with E-state index in [1.807, 2.05) is 37.3 Å². The number of amides is 1. The van der Waals surface area contributed by atoms with Crippen LogP contribution in [-0.4, -0.2) is 74.4 Å². The number of benzene rings is 2. The maximum absolute atomic E-state index is 12.4. The number of aldehydes is 1. The molecule has 0 saturated carbocycles. The van der Waals surface area contributed by atoms with Crippen molar-refractivity contribution in [2.24, 2.45) is 10.9 Å². The van der Waals surface area contributed by atoms with E-state index in [2.05, 4.69) is 84.7 Å². The fraction of sp³-hybridized carbons (Fsp3) is 0.528. The molecule has 2 saturated heterocycles. The number of aryl methyl sites for hydroxylation is 1. The van der Waals surface area contributed by atoms with E-state index >= 15 is 0 Å². The van der Waals surface area contributed by atoms with Crippen LogP contribution in [0.15, 0.2) is 65.3 Å². The van der Waals surface area contributed by atoms with Crippen LogP contribution in [0.25, 0.3) is 0 Å². The highest BCUT2D eigenvalue weighted by atomic mass is 32.2. The monoisotopic (exact) mass is 621 g/mol. The van der Waals surface area contributed by atoms with Crippen LogP contribution in [0.1, 0.15) is 86.6 Å². The number of carbonyl (C=O) groups excluding carboxylic acids is 2. The summed E-state index contributed by atoms with van der Waals surface area (Å²) in [6.45, 7) is 17.2. The van der Waals surface area contributed by atoms with Crippen LogP contribution >= 0.6 is 11.9 Å². The van der Waals surface area contributed by atoms with Gasteiger partial charge < -0.3 is 14.9 Å². The molecule has 2 aromatic rings. The molecule has 0 bridgehead atoms. The topological polar surface area (TPSA) is 77.0 Å². The molecule has 0 aliphatic carbocycles. The fourth-order valence-corrected chi connectivity index (χ4v) is 5.98. The maximum Gasteiger partial charge on any atom is 0.251 e. The lowest BCUT2D eigenvalue weighted by Gasteiger charge is -2.19. The second kappa shape index (κ2) is 20.9. The lowest BCUT2D eigenvalue weighted by atomic mass is 10.1. The Labute approximate surface area is 271 Å². The van der Waals surface area contributed by atoms with Crippen molar-refractivity contribution in [3.05, 3.63) is 77.0 Å². The van der Waals surface area contributed by atoms with Gasteiger partial charge >= 0.3 is 0 Å². The van der Waals surface area contributed by atoms with Gasteiger partial charge in [0.1, 0.15) is 6.29 Å². The van der Waals surface area contributed by atoms with Crippen LogP contribution in [0.2, 0.25) is 0 Å². The molecule has 44 heavy (non-hydrogen) atoms. The molecule has 4 rings (SSSR count). The minimum absolute atomic E-state index is 0.119. The van der Waals surface area contributed by atoms with Gasteiger partial charge in [0.25, 0.3) is 5.91 Å². The van der Waals surface area contributed by atoms with Gasteiger partial charge in [-0.3, -0.25) is 19.5 Å². The van der Waals surface area contributed by atoms with Gasteiger partial charge in [-0.25, -0.2) is 0 Å². The van der Waals surface area contributed by atoms with Crippen molar-refractivity contribution in [2.45, 2.75) is 73.3 Å². The van der Waals surface area contributed by atoms with Crippen LogP contribution in [0.5, 0.6) is 0 Å². The average molecular weight is 622 g/mol. The summed E-state index contributed by atoms with van der Waals surface area (Å²) in [5.41, 5.74) is 5.74. The quantitative estimate of drug-likeness (QED) is 0.120. The highest BCUT2D eigenvalue weighted by Crippen LogP contribution is 2.29. The maximum atomic E-state index is 12.4. The molecule has 2 heterocycles. The molecule has 0 spiro atoms. The number of carbonyl (C=O) groups is 2. The minimum Gasteiger partial charge on any atom is -0.352 e. The van der Waals surface area contributed by atoms with Crippen molar-refractivity contribution < 1.29 is 9.59 Å². The molecule has 1 amide bonds. The van der Waals surface area contributed by atoms with Crippen LogP contribution in [0.3, 0.4) is 0 Å². The number of nitrogens with one attached hydrogen (secondary N) is 2. The summed E-state index contributed by atoms with van der Waals surface area (Å²) in [5.74, 6) is 1.32. The van der Waals surface area contributed by atoms with E-state index in [4.69, 9.17) is 0 Å². The Kier molecular flexibility index (Phi) is 17.7. The normalized spacial score (nSPS) is 17.7. The number of nitrogens with zero attached hydrogens (tertiary/aromatic N) is 3. The molecule has 2 aromatic carbocycles. The van der Waals surface area contributed by atoms with Gasteiger partial charge in [0, 0.05) is 53.1 Å². The Morgan fingerprint density at radius 1 is 1.11 bits per heavy atom. The smallest absolute Gasteiger partial charge is 0.251 e. The zero-order valence-electron chi connectivity index (χ0n) is 28.1. The zero-order valence-corrected chi connectivity index (χ0v) is 28.9. The first-order valence-electron chi connectivity index (χ1n) is 16.1. The molecule has 0 radical (unpaired) electrons. The summed E-state index contributed by atoms with van der Waals surface area (Å²) in [5, 5.41) is 6.33. The van der Waals surface area contributed by atoms with Crippen molar-refractivity contribution >= 4 is 35.5 Å². The number of rotatable bonds is 11. The molecule has 8 heteroatoms. The zero-order chi connectivity index (χ0) is 32.3. The first kappa shape index (κ1) is 37.2. The Bertz CT molecular complexity index is 1190. The number of allylic oxidation sites excluding steroid dienone is 2. The second-order valence-electron chi connectivity index (χ2n) is 11.7. The van der Waals surface area contributed by atoms with Crippen molar-refractivity contribution in [3.63, 3.8) is 0 Å². The van der Waals surface area contributed by atoms with Gasteiger partial charge in [-0.2, -0.15) is 0 Å². The van der Waals surface area contributed by atoms with Gasteiger partial charge in [-0.05, 0) is 116 Å². The predicted octanol–water partition coefficient (Wildman–Crippen LogP) is 7.18. The molecule has 2 fully saturated rings. The third kappa shape index (κ3) is 13.8. The fourth-order valence-electron chi connectivity index (χ4n) is 4.98. The van der Waals surface area contributed by atoms with Crippen LogP contribution in [0.4, 0.5) is 5.69 Å². The number of hydrogen-bond acceptors (Lipinski definition) is 7. The summed E-state index contributed by atoms with van der Waals surface area (Å²) in [6.07, 6.45) is 7.66. The van der Waals surface area contributed by atoms with Gasteiger partial charge in [0.2, 0.25) is 0 Å². The minimum atomic E-state index is -0.119. The molecule has 7 nitrogen and oxygen atoms in total. The van der Waals surface area contributed by atoms with E-state index in [9.17, 15) is 9.59 Å². The Balaban J connectivity index is 0.000000279. The summed E-state index contributed by atoms with van der Waals surface area (Å²) >= 11 is 1.74. The summed E-state index contributed by atoms with van der Waals surface area (Å²) < 4.78 is 2.15. The van der Waals surface area contributed by atoms with Crippen molar-refractivity contribution in [1.82, 2.24) is 15.5 Å². The predicted molar refractivity (Wildman–Crippen MR) is 190 cm³/mol. The van der Waals surface area contributed by atoms with E-state index in [0.29, 0.717) is 29.6 Å². The summed E-state index contributed by atoms with van der Waals surface area (Å²) in [7, 11) is 2.18. The highest BCUT2D eigenvalue weighted by molar-refractivity contribution is 8.00. The first-order valence-corrected chi connectivity index (χ1v) is 17.0. The molecule has 2 unspecified atom stereocenters. The summed E-state index contributed by atoms with van der Waals surface area (Å²) in [4.78, 5) is 30.6. The number of aliphatic imine (C=N–C) groups is 1. The lowest BCUT2D eigenvalue weighted by Crippen LogP contribution is -2.33. The van der Waals surface area contributed by atoms with Crippen LogP contribution < -0.4 is 14.9 Å². The largest absolute Gasteiger partial charge is 0.352 e. The lowest BCUT2D eigenvalue weighted by molar-refractivity contribution is 0.0948. The van der Waals surface area contributed by atoms with E-state index < -0.39 is 0 Å². The second-order valence-corrected chi connectivity index (χ2v) is 12.8.